The quantitative estimate of drug-likeness (QED) is 0.0169. The Kier molecular flexibility index (Phi) is 43.3. The van der Waals surface area contributed by atoms with Gasteiger partial charge in [-0.2, -0.15) is 0 Å². The molecular weight excluding hydrogens is 1690 g/mol. The molecule has 6 atom stereocenters. The van der Waals surface area contributed by atoms with Crippen LogP contribution < -0.4 is 47.9 Å². The predicted molar refractivity (Wildman–Crippen MR) is 446 cm³/mol. The van der Waals surface area contributed by atoms with Gasteiger partial charge in [0.1, 0.15) is 29.9 Å². The number of aromatic nitrogens is 3. The minimum absolute atomic E-state index is 0.0392. The smallest absolute Gasteiger partial charge is 0.326 e. The molecule has 6 unspecified atom stereocenters. The lowest BCUT2D eigenvalue weighted by Gasteiger charge is -2.37. The summed E-state index contributed by atoms with van der Waals surface area (Å²) in [6.45, 7) is 8.23. The minimum Gasteiger partial charge on any atom is -0.481 e. The Hall–Kier alpha value is -10.3. The number of aliphatic carboxylic acids is 8. The second-order valence-electron chi connectivity index (χ2n) is 29.8. The summed E-state index contributed by atoms with van der Waals surface area (Å²) in [5.74, 6) is -11.3. The van der Waals surface area contributed by atoms with Gasteiger partial charge in [0.05, 0.1) is 76.2 Å². The lowest BCUT2D eigenvalue weighted by molar-refractivity contribution is -0.143. The lowest BCUT2D eigenvalue weighted by atomic mass is 9.99. The first-order valence-electron chi connectivity index (χ1n) is 39.3. The van der Waals surface area contributed by atoms with Crippen molar-refractivity contribution in [2.75, 3.05) is 115 Å². The second-order valence-corrected chi connectivity index (χ2v) is 31.4. The first kappa shape index (κ1) is 99.3. The van der Waals surface area contributed by atoms with Gasteiger partial charge < -0.3 is 98.2 Å². The average Bonchev–Trinajstić information content (AvgIpc) is 1.73. The molecule has 1 aliphatic rings. The van der Waals surface area contributed by atoms with Crippen LogP contribution >= 0.6 is 34.8 Å². The molecule has 0 saturated carbocycles. The van der Waals surface area contributed by atoms with Crippen LogP contribution in [0.3, 0.4) is 0 Å². The molecule has 0 spiro atoms. The highest BCUT2D eigenvalue weighted by atomic mass is 127. The van der Waals surface area contributed by atoms with Crippen LogP contribution in [-0.2, 0) is 81.6 Å². The Morgan fingerprint density at radius 1 is 0.538 bits per heavy atom. The normalized spacial score (nSPS) is 15.4. The molecule has 119 heavy (non-hydrogen) atoms. The first-order valence-corrected chi connectivity index (χ1v) is 40.8. The Morgan fingerprint density at radius 2 is 1.08 bits per heavy atom. The Labute approximate surface area is 708 Å². The number of carboxylic acid groups (broad SMARTS) is 8. The Balaban J connectivity index is 1.13. The molecule has 0 bridgehead atoms. The lowest BCUT2D eigenvalue weighted by Crippen LogP contribution is -2.53. The number of carboxylic acids is 8. The third-order valence-electron chi connectivity index (χ3n) is 19.5. The van der Waals surface area contributed by atoms with E-state index in [4.69, 9.17) is 26.8 Å². The van der Waals surface area contributed by atoms with Crippen molar-refractivity contribution in [2.45, 2.75) is 178 Å². The van der Waals surface area contributed by atoms with E-state index in [0.29, 0.717) is 74.1 Å². The van der Waals surface area contributed by atoms with Gasteiger partial charge in [0.15, 0.2) is 5.11 Å². The molecule has 4 aromatic rings. The largest absolute Gasteiger partial charge is 0.481 e. The molecule has 2 heterocycles. The number of hydrogen-bond donors (Lipinski definition) is 17. The van der Waals surface area contributed by atoms with Crippen LogP contribution in [0.1, 0.15) is 129 Å². The monoisotopic (exact) mass is 1800 g/mol. The number of hydrogen-bond acceptors (Lipinski definition) is 22. The van der Waals surface area contributed by atoms with Crippen LogP contribution in [0.15, 0.2) is 79.0 Å². The van der Waals surface area contributed by atoms with Crippen molar-refractivity contribution in [3.63, 3.8) is 0 Å². The zero-order valence-electron chi connectivity index (χ0n) is 67.3. The summed E-state index contributed by atoms with van der Waals surface area (Å²) in [4.78, 5) is 167. The van der Waals surface area contributed by atoms with Gasteiger partial charge in [-0.15, -0.1) is 5.10 Å². The highest BCUT2D eigenvalue weighted by Crippen LogP contribution is 2.26. The molecule has 0 aliphatic carbocycles. The van der Waals surface area contributed by atoms with E-state index in [1.807, 2.05) is 52.0 Å². The number of rotatable bonds is 52. The number of nitrogens with zero attached hydrogens (tertiary/aromatic N) is 7. The number of thiocarbonyl (C=S) groups is 1. The standard InChI is InChI=1S/C78H113IN16O23S/c1-5-78(4,29-40-117-77(2,3)50-95-45-62(89-90-95)53-13-12-14-56(43-53)83-74(115)81-31-10-8-17-60(72(111)112)87-75(116)88-61(73(113)114)26-27-65(98)99)118-39-28-63(96)85-58(70(108)86-59(71(109)110)16-7-9-30-80-64(97)42-52-18-22-54(79)23-19-52)15-6-11-32-82-76(119)84-55-24-20-51(21-25-55)41-57-44-93(48-68(104)105)36-35-91(46-66(100)101)33-34-92(47-67(102)103)37-38-94(57)49-69(106)107/h12-14,18-25,43,45,57-61H,5-11,15-17,26-42,44,46-50H2,1-4H3,(H,80,97)(H,85,96)(H,86,108)(H,98,99)(H,100,101)(H,102,103)(H,104,105)(H,106,107)(H,109,110)(H,111,112)(H,113,114)(H2,81,83,115)(H2,82,84,119)(H2,87,88,116). The van der Waals surface area contributed by atoms with Crippen molar-refractivity contribution in [1.82, 2.24) is 71.8 Å². The van der Waals surface area contributed by atoms with Crippen LogP contribution in [0, 0.1) is 3.57 Å². The second kappa shape index (κ2) is 51.9. The Bertz CT molecular complexity index is 4010. The molecule has 5 rings (SSSR count). The number of halogens is 1. The fourth-order valence-corrected chi connectivity index (χ4v) is 13.4. The zero-order valence-corrected chi connectivity index (χ0v) is 70.3. The number of urea groups is 2. The topological polar surface area (TPSA) is 554 Å². The molecule has 39 nitrogen and oxygen atoms in total. The number of amides is 7. The summed E-state index contributed by atoms with van der Waals surface area (Å²) in [7, 11) is 0. The third kappa shape index (κ3) is 40.8. The van der Waals surface area contributed by atoms with Crippen molar-refractivity contribution >= 4 is 129 Å². The maximum Gasteiger partial charge on any atom is 0.326 e. The van der Waals surface area contributed by atoms with E-state index in [1.165, 1.54) is 0 Å². The van der Waals surface area contributed by atoms with E-state index in [2.05, 4.69) is 80.8 Å². The van der Waals surface area contributed by atoms with E-state index in [-0.39, 0.29) is 148 Å². The minimum atomic E-state index is -1.55. The van der Waals surface area contributed by atoms with Gasteiger partial charge in [0.2, 0.25) is 17.7 Å². The highest BCUT2D eigenvalue weighted by molar-refractivity contribution is 14.1. The number of ether oxygens (including phenoxy) is 2. The molecule has 17 N–H and O–H groups in total. The van der Waals surface area contributed by atoms with Gasteiger partial charge >= 0.3 is 59.8 Å². The van der Waals surface area contributed by atoms with Crippen LogP contribution in [0.4, 0.5) is 21.0 Å². The number of carbonyl (C=O) groups is 13. The van der Waals surface area contributed by atoms with Gasteiger partial charge in [0, 0.05) is 98.4 Å². The number of carbonyl (C=O) groups excluding carboxylic acids is 5. The molecule has 1 aromatic heterocycles. The maximum atomic E-state index is 14.1. The number of unbranched alkanes of at least 4 members (excludes halogenated alkanes) is 3. The SMILES string of the molecule is CCC(C)(CCOC(C)(C)Cn1cc(-c2cccc(NC(=O)NCCCCC(NC(=O)NC(CCC(=O)O)C(=O)O)C(=O)O)c2)nn1)OCCC(=O)NC(CCCCNC(=S)Nc1ccc(CC2CN(CC(=O)O)CCN(CC(=O)O)CCN(CC(=O)O)CCN2CC(=O)O)cc1)C(=O)NC(CCCCNC(=O)Cc1ccc(I)cc1)C(=O)O. The summed E-state index contributed by atoms with van der Waals surface area (Å²) < 4.78 is 15.4. The fourth-order valence-electron chi connectivity index (χ4n) is 12.8. The van der Waals surface area contributed by atoms with Crippen LogP contribution in [0.5, 0.6) is 0 Å². The number of anilines is 2. The summed E-state index contributed by atoms with van der Waals surface area (Å²) >= 11 is 7.81. The van der Waals surface area contributed by atoms with Crippen molar-refractivity contribution in [1.29, 1.82) is 0 Å². The van der Waals surface area contributed by atoms with E-state index >= 15 is 0 Å². The van der Waals surface area contributed by atoms with Gasteiger partial charge in [-0.25, -0.2) is 28.7 Å². The Morgan fingerprint density at radius 3 is 1.66 bits per heavy atom. The molecule has 41 heteroatoms. The molecule has 1 fully saturated rings. The number of benzene rings is 3. The van der Waals surface area contributed by atoms with E-state index in [9.17, 15) is 98.1 Å². The average molecular weight is 1800 g/mol. The van der Waals surface area contributed by atoms with Gasteiger partial charge in [-0.3, -0.25) is 58.0 Å². The molecule has 1 saturated heterocycles. The molecular formula is C78H113IN16O23S. The third-order valence-corrected chi connectivity index (χ3v) is 20.4. The van der Waals surface area contributed by atoms with Gasteiger partial charge in [0.25, 0.3) is 0 Å². The summed E-state index contributed by atoms with van der Waals surface area (Å²) in [5.41, 5.74) is 2.22. The van der Waals surface area contributed by atoms with Crippen molar-refractivity contribution in [2.24, 2.45) is 0 Å². The molecule has 3 aromatic carbocycles. The molecule has 1 aliphatic heterocycles. The maximum absolute atomic E-state index is 14.1. The van der Waals surface area contributed by atoms with Crippen LogP contribution in [0.25, 0.3) is 11.3 Å². The van der Waals surface area contributed by atoms with Gasteiger partial charge in [-0.05, 0) is 187 Å². The van der Waals surface area contributed by atoms with E-state index in [1.54, 1.807) is 79.0 Å². The van der Waals surface area contributed by atoms with Crippen molar-refractivity contribution in [3.8, 4) is 11.3 Å². The van der Waals surface area contributed by atoms with E-state index < -0.39 is 139 Å². The fraction of sp³-hybridized carbons (Fsp3) is 0.564. The summed E-state index contributed by atoms with van der Waals surface area (Å²) in [5, 5.41) is 110. The van der Waals surface area contributed by atoms with Crippen molar-refractivity contribution in [3.05, 3.63) is 93.7 Å². The van der Waals surface area contributed by atoms with Crippen LogP contribution in [0.2, 0.25) is 0 Å². The molecule has 7 amide bonds. The van der Waals surface area contributed by atoms with Crippen LogP contribution in [-0.4, -0.2) is 304 Å². The number of nitrogens with one attached hydrogen (secondary N) is 9. The first-order chi connectivity index (χ1) is 56.4. The zero-order chi connectivity index (χ0) is 87.6. The van der Waals surface area contributed by atoms with Gasteiger partial charge in [-0.1, -0.05) is 48.5 Å². The predicted octanol–water partition coefficient (Wildman–Crippen LogP) is 3.88. The van der Waals surface area contributed by atoms with E-state index in [0.717, 1.165) is 14.7 Å². The van der Waals surface area contributed by atoms with Crippen molar-refractivity contribution < 1.29 is 113 Å². The molecule has 656 valence electrons. The highest BCUT2D eigenvalue weighted by Gasteiger charge is 2.32. The summed E-state index contributed by atoms with van der Waals surface area (Å²) in [6.07, 6.45) is 4.24. The molecule has 0 radical (unpaired) electrons. The summed E-state index contributed by atoms with van der Waals surface area (Å²) in [6, 6.07) is 13.9.